The van der Waals surface area contributed by atoms with E-state index in [1.165, 1.54) is 0 Å². The van der Waals surface area contributed by atoms with Gasteiger partial charge in [0.25, 0.3) is 5.91 Å². The van der Waals surface area contributed by atoms with Gasteiger partial charge in [-0.25, -0.2) is 0 Å². The molecule has 0 saturated carbocycles. The summed E-state index contributed by atoms with van der Waals surface area (Å²) in [6.07, 6.45) is 3.70. The van der Waals surface area contributed by atoms with Gasteiger partial charge in [0.15, 0.2) is 0 Å². The minimum absolute atomic E-state index is 0.0486. The lowest BCUT2D eigenvalue weighted by atomic mass is 9.98. The van der Waals surface area contributed by atoms with Crippen LogP contribution in [0.5, 0.6) is 0 Å². The lowest BCUT2D eigenvalue weighted by molar-refractivity contribution is -0.145. The monoisotopic (exact) mass is 362 g/mol. The Labute approximate surface area is 153 Å². The number of carbonyl (C=O) groups is 2. The average molecular weight is 362 g/mol. The highest BCUT2D eigenvalue weighted by Gasteiger charge is 2.38. The van der Waals surface area contributed by atoms with Gasteiger partial charge >= 0.3 is 0 Å². The minimum Gasteiger partial charge on any atom is -0.377 e. The number of morpholine rings is 1. The fourth-order valence-corrected chi connectivity index (χ4v) is 3.46. The third kappa shape index (κ3) is 3.66. The van der Waals surface area contributed by atoms with Crippen molar-refractivity contribution in [3.8, 4) is 0 Å². The molecule has 0 bridgehead atoms. The predicted molar refractivity (Wildman–Crippen MR) is 94.6 cm³/mol. The molecule has 26 heavy (non-hydrogen) atoms. The number of aromatic nitrogens is 2. The van der Waals surface area contributed by atoms with Crippen LogP contribution >= 0.6 is 0 Å². The van der Waals surface area contributed by atoms with Gasteiger partial charge in [-0.1, -0.05) is 6.08 Å². The van der Waals surface area contributed by atoms with Crippen LogP contribution in [0.1, 0.15) is 22.5 Å². The summed E-state index contributed by atoms with van der Waals surface area (Å²) in [5.74, 6) is -0.349. The average Bonchev–Trinajstić information content (AvgIpc) is 3.26. The highest BCUT2D eigenvalue weighted by atomic mass is 16.5. The zero-order valence-electron chi connectivity index (χ0n) is 15.3. The molecule has 3 atom stereocenters. The molecule has 0 spiro atoms. The third-order valence-corrected chi connectivity index (χ3v) is 5.17. The second-order valence-corrected chi connectivity index (χ2v) is 6.70. The highest BCUT2D eigenvalue weighted by molar-refractivity contribution is 5.95. The van der Waals surface area contributed by atoms with Crippen LogP contribution in [0.2, 0.25) is 0 Å². The number of rotatable bonds is 5. The van der Waals surface area contributed by atoms with Crippen molar-refractivity contribution in [1.29, 1.82) is 0 Å². The maximum absolute atomic E-state index is 13.0. The van der Waals surface area contributed by atoms with Crippen molar-refractivity contribution in [1.82, 2.24) is 20.0 Å². The number of hydrogen-bond acceptors (Lipinski definition) is 5. The second-order valence-electron chi connectivity index (χ2n) is 6.70. The summed E-state index contributed by atoms with van der Waals surface area (Å²) >= 11 is 0. The smallest absolute Gasteiger partial charge is 0.254 e. The number of ether oxygens (including phenoxy) is 2. The van der Waals surface area contributed by atoms with Crippen LogP contribution in [0.25, 0.3) is 0 Å². The van der Waals surface area contributed by atoms with E-state index in [-0.39, 0.29) is 29.9 Å². The van der Waals surface area contributed by atoms with E-state index in [0.29, 0.717) is 44.9 Å². The molecular formula is C18H26N4O4. The normalized spacial score (nSPS) is 25.9. The molecule has 8 nitrogen and oxygen atoms in total. The number of nitrogens with one attached hydrogen (secondary N) is 1. The lowest BCUT2D eigenvalue weighted by Crippen LogP contribution is -2.55. The topological polar surface area (TPSA) is 85.7 Å². The summed E-state index contributed by atoms with van der Waals surface area (Å²) in [5.41, 5.74) is 1.34. The summed E-state index contributed by atoms with van der Waals surface area (Å²) in [4.78, 5) is 27.2. The summed E-state index contributed by atoms with van der Waals surface area (Å²) < 4.78 is 12.7. The van der Waals surface area contributed by atoms with Crippen LogP contribution in [0.3, 0.4) is 0 Å². The molecule has 1 N–H and O–H groups in total. The Morgan fingerprint density at radius 1 is 1.46 bits per heavy atom. The SMILES string of the molecule is C=C[C@@H]1OCC[C@H]1C(=O)N1CCOCC1CNC(=O)c1cnn(C)c1C. The van der Waals surface area contributed by atoms with Crippen LogP contribution in [-0.4, -0.2) is 71.6 Å². The fourth-order valence-electron chi connectivity index (χ4n) is 3.46. The summed E-state index contributed by atoms with van der Waals surface area (Å²) in [7, 11) is 1.79. The van der Waals surface area contributed by atoms with E-state index in [9.17, 15) is 9.59 Å². The number of hydrogen-bond donors (Lipinski definition) is 1. The molecule has 1 aromatic rings. The molecule has 0 aliphatic carbocycles. The zero-order valence-corrected chi connectivity index (χ0v) is 15.3. The van der Waals surface area contributed by atoms with Gasteiger partial charge in [0.1, 0.15) is 0 Å². The Morgan fingerprint density at radius 3 is 2.96 bits per heavy atom. The molecule has 2 amide bonds. The van der Waals surface area contributed by atoms with E-state index in [1.54, 1.807) is 24.0 Å². The van der Waals surface area contributed by atoms with Gasteiger partial charge in [0, 0.05) is 32.4 Å². The van der Waals surface area contributed by atoms with Gasteiger partial charge in [-0.15, -0.1) is 6.58 Å². The molecule has 2 aliphatic heterocycles. The molecule has 2 aliphatic rings. The fraction of sp³-hybridized carbons (Fsp3) is 0.611. The minimum atomic E-state index is -0.237. The Hall–Kier alpha value is -2.19. The first-order valence-corrected chi connectivity index (χ1v) is 8.92. The van der Waals surface area contributed by atoms with Crippen molar-refractivity contribution < 1.29 is 19.1 Å². The third-order valence-electron chi connectivity index (χ3n) is 5.17. The summed E-state index contributed by atoms with van der Waals surface area (Å²) in [5, 5.41) is 6.99. The number of aryl methyl sites for hydroxylation is 1. The first-order valence-electron chi connectivity index (χ1n) is 8.92. The van der Waals surface area contributed by atoms with Crippen LogP contribution < -0.4 is 5.32 Å². The molecule has 2 fully saturated rings. The predicted octanol–water partition coefficient (Wildman–Crippen LogP) is 0.277. The van der Waals surface area contributed by atoms with Crippen LogP contribution in [0, 0.1) is 12.8 Å². The van der Waals surface area contributed by atoms with E-state index in [0.717, 1.165) is 5.69 Å². The van der Waals surface area contributed by atoms with Gasteiger partial charge in [0.05, 0.1) is 43.0 Å². The first kappa shape index (κ1) is 18.6. The van der Waals surface area contributed by atoms with Gasteiger partial charge in [-0.2, -0.15) is 5.10 Å². The van der Waals surface area contributed by atoms with Crippen LogP contribution in [0.15, 0.2) is 18.9 Å². The Morgan fingerprint density at radius 2 is 2.27 bits per heavy atom. The summed E-state index contributed by atoms with van der Waals surface area (Å²) in [6.45, 7) is 7.94. The number of amides is 2. The molecule has 142 valence electrons. The van der Waals surface area contributed by atoms with E-state index in [4.69, 9.17) is 9.47 Å². The maximum atomic E-state index is 13.0. The van der Waals surface area contributed by atoms with Gasteiger partial charge < -0.3 is 19.7 Å². The molecule has 1 aromatic heterocycles. The molecule has 0 aromatic carbocycles. The van der Waals surface area contributed by atoms with Crippen molar-refractivity contribution in [2.45, 2.75) is 25.5 Å². The van der Waals surface area contributed by atoms with E-state index >= 15 is 0 Å². The van der Waals surface area contributed by atoms with Gasteiger partial charge in [-0.3, -0.25) is 14.3 Å². The van der Waals surface area contributed by atoms with Gasteiger partial charge in [0.2, 0.25) is 5.91 Å². The molecule has 0 radical (unpaired) electrons. The molecule has 8 heteroatoms. The largest absolute Gasteiger partial charge is 0.377 e. The van der Waals surface area contributed by atoms with E-state index < -0.39 is 0 Å². The maximum Gasteiger partial charge on any atom is 0.254 e. The Kier molecular flexibility index (Phi) is 5.73. The van der Waals surface area contributed by atoms with E-state index in [1.807, 2.05) is 11.8 Å². The standard InChI is InChI=1S/C18H26N4O4/c1-4-16-14(5-7-26-16)18(24)22-6-8-25-11-13(22)9-19-17(23)15-10-20-21(3)12(15)2/h4,10,13-14,16H,1,5-9,11H2,2-3H3,(H,19,23)/t13?,14-,16+/m1/s1. The first-order chi connectivity index (χ1) is 12.5. The van der Waals surface area contributed by atoms with E-state index in [2.05, 4.69) is 17.0 Å². The number of carbonyl (C=O) groups excluding carboxylic acids is 2. The zero-order chi connectivity index (χ0) is 18.7. The number of nitrogens with zero attached hydrogens (tertiary/aromatic N) is 3. The molecule has 1 unspecified atom stereocenters. The van der Waals surface area contributed by atoms with Crippen molar-refractivity contribution in [2.24, 2.45) is 13.0 Å². The van der Waals surface area contributed by atoms with Crippen LogP contribution in [0.4, 0.5) is 0 Å². The second kappa shape index (κ2) is 8.01. The molecule has 2 saturated heterocycles. The molecular weight excluding hydrogens is 336 g/mol. The molecule has 3 heterocycles. The Bertz CT molecular complexity index is 687. The molecule has 3 rings (SSSR count). The van der Waals surface area contributed by atoms with Crippen LogP contribution in [-0.2, 0) is 21.3 Å². The van der Waals surface area contributed by atoms with Crippen molar-refractivity contribution in [2.75, 3.05) is 32.9 Å². The lowest BCUT2D eigenvalue weighted by Gasteiger charge is -2.37. The van der Waals surface area contributed by atoms with Gasteiger partial charge in [-0.05, 0) is 13.3 Å². The Balaban J connectivity index is 1.63. The van der Waals surface area contributed by atoms with Crippen molar-refractivity contribution >= 4 is 11.8 Å². The van der Waals surface area contributed by atoms with Crippen molar-refractivity contribution in [3.05, 3.63) is 30.1 Å². The summed E-state index contributed by atoms with van der Waals surface area (Å²) in [6, 6.07) is -0.191. The quantitative estimate of drug-likeness (QED) is 0.761. The highest BCUT2D eigenvalue weighted by Crippen LogP contribution is 2.25. The van der Waals surface area contributed by atoms with Crippen molar-refractivity contribution in [3.63, 3.8) is 0 Å².